The summed E-state index contributed by atoms with van der Waals surface area (Å²) in [4.78, 5) is 11.0. The lowest BCUT2D eigenvalue weighted by molar-refractivity contribution is -0.230. The minimum absolute atomic E-state index is 0.663. The Morgan fingerprint density at radius 1 is 1.27 bits per heavy atom. The largest absolute Gasteiger partial charge is 0.703 e. The Bertz CT molecular complexity index is 349. The molecule has 0 aromatic heterocycles. The average molecular weight is 222 g/mol. The SMILES string of the molecule is OOB(O)OOc1c(O)ccc(F)c1F. The Hall–Kier alpha value is -1.42. The highest BCUT2D eigenvalue weighted by molar-refractivity contribution is 6.33. The fourth-order valence-corrected chi connectivity index (χ4v) is 0.708. The first-order chi connectivity index (χ1) is 7.06. The van der Waals surface area contributed by atoms with Crippen LogP contribution in [0.2, 0.25) is 0 Å². The van der Waals surface area contributed by atoms with E-state index in [1.54, 1.807) is 0 Å². The lowest BCUT2D eigenvalue weighted by atomic mass is 10.3. The van der Waals surface area contributed by atoms with Gasteiger partial charge in [-0.05, 0) is 12.1 Å². The van der Waals surface area contributed by atoms with Crippen molar-refractivity contribution in [1.29, 1.82) is 0 Å². The van der Waals surface area contributed by atoms with Crippen molar-refractivity contribution in [2.75, 3.05) is 0 Å². The average Bonchev–Trinajstić information content (AvgIpc) is 2.23. The lowest BCUT2D eigenvalue weighted by Gasteiger charge is -2.07. The number of hydrogen-bond acceptors (Lipinski definition) is 6. The molecule has 0 radical (unpaired) electrons. The Morgan fingerprint density at radius 2 is 1.93 bits per heavy atom. The molecular weight excluding hydrogens is 217 g/mol. The molecule has 0 aliphatic carbocycles. The van der Waals surface area contributed by atoms with Crippen molar-refractivity contribution >= 4 is 7.32 Å². The van der Waals surface area contributed by atoms with Crippen LogP contribution in [0, 0.1) is 11.6 Å². The lowest BCUT2D eigenvalue weighted by Crippen LogP contribution is -2.23. The molecule has 1 rings (SSSR count). The van der Waals surface area contributed by atoms with Gasteiger partial charge in [-0.2, -0.15) is 9.20 Å². The topological polar surface area (TPSA) is 88.4 Å². The quantitative estimate of drug-likeness (QED) is 0.389. The Labute approximate surface area is 82.3 Å². The third-order valence-corrected chi connectivity index (χ3v) is 1.33. The number of hydrogen-bond donors (Lipinski definition) is 3. The zero-order chi connectivity index (χ0) is 11.4. The number of halogens is 2. The monoisotopic (exact) mass is 222 g/mol. The third kappa shape index (κ3) is 2.76. The molecule has 0 spiro atoms. The molecule has 0 amide bonds. The summed E-state index contributed by atoms with van der Waals surface area (Å²) in [6, 6.07) is 1.47. The summed E-state index contributed by atoms with van der Waals surface area (Å²) >= 11 is 0. The highest BCUT2D eigenvalue weighted by atomic mass is 19.2. The summed E-state index contributed by atoms with van der Waals surface area (Å²) in [5.41, 5.74) is 0. The van der Waals surface area contributed by atoms with Gasteiger partial charge in [0.1, 0.15) is 0 Å². The Kier molecular flexibility index (Phi) is 3.80. The summed E-state index contributed by atoms with van der Waals surface area (Å²) in [7, 11) is -2.22. The molecule has 1 aromatic rings. The molecule has 0 bridgehead atoms. The van der Waals surface area contributed by atoms with Gasteiger partial charge in [-0.25, -0.2) is 9.20 Å². The standard InChI is InChI=1S/C6H5BF2O6/c8-3-1-2-4(10)6(5(3)9)13-15-7(11)14-12/h1-2,10-12H. The van der Waals surface area contributed by atoms with Crippen molar-refractivity contribution in [2.24, 2.45) is 0 Å². The van der Waals surface area contributed by atoms with Crippen molar-refractivity contribution in [3.05, 3.63) is 23.8 Å². The first kappa shape index (κ1) is 11.7. The zero-order valence-electron chi connectivity index (χ0n) is 7.05. The van der Waals surface area contributed by atoms with E-state index < -0.39 is 30.5 Å². The number of rotatable bonds is 4. The second kappa shape index (κ2) is 4.89. The van der Waals surface area contributed by atoms with Crippen LogP contribution in [-0.4, -0.2) is 22.7 Å². The minimum atomic E-state index is -2.22. The third-order valence-electron chi connectivity index (χ3n) is 1.33. The molecule has 15 heavy (non-hydrogen) atoms. The van der Waals surface area contributed by atoms with Crippen LogP contribution < -0.4 is 4.89 Å². The van der Waals surface area contributed by atoms with E-state index in [1.807, 2.05) is 0 Å². The van der Waals surface area contributed by atoms with Crippen LogP contribution in [-0.2, 0) is 9.61 Å². The molecule has 0 saturated heterocycles. The Morgan fingerprint density at radius 3 is 2.53 bits per heavy atom. The summed E-state index contributed by atoms with van der Waals surface area (Å²) in [5.74, 6) is -4.53. The van der Waals surface area contributed by atoms with Gasteiger partial charge in [0.25, 0.3) is 0 Å². The predicted molar refractivity (Wildman–Crippen MR) is 41.4 cm³/mol. The second-order valence-electron chi connectivity index (χ2n) is 2.30. The zero-order valence-corrected chi connectivity index (χ0v) is 7.05. The number of phenols is 1. The van der Waals surface area contributed by atoms with E-state index in [2.05, 4.69) is 14.5 Å². The number of phenolic OH excluding ortho intramolecular Hbond substituents is 1. The van der Waals surface area contributed by atoms with Gasteiger partial charge in [-0.1, -0.05) is 0 Å². The van der Waals surface area contributed by atoms with Gasteiger partial charge in [0.15, 0.2) is 11.6 Å². The van der Waals surface area contributed by atoms with Gasteiger partial charge in [0.05, 0.1) is 0 Å². The highest BCUT2D eigenvalue weighted by Gasteiger charge is 2.22. The molecule has 3 N–H and O–H groups in total. The van der Waals surface area contributed by atoms with Crippen molar-refractivity contribution in [3.8, 4) is 11.5 Å². The van der Waals surface area contributed by atoms with Crippen molar-refractivity contribution in [3.63, 3.8) is 0 Å². The van der Waals surface area contributed by atoms with Gasteiger partial charge < -0.3 is 15.0 Å². The first-order valence-electron chi connectivity index (χ1n) is 3.55. The van der Waals surface area contributed by atoms with Crippen molar-refractivity contribution in [1.82, 2.24) is 0 Å². The van der Waals surface area contributed by atoms with Crippen LogP contribution in [0.15, 0.2) is 12.1 Å². The maximum Gasteiger partial charge on any atom is 0.703 e. The molecule has 0 fully saturated rings. The van der Waals surface area contributed by atoms with E-state index in [4.69, 9.17) is 15.4 Å². The van der Waals surface area contributed by atoms with Gasteiger partial charge >= 0.3 is 7.32 Å². The van der Waals surface area contributed by atoms with Gasteiger partial charge in [0, 0.05) is 0 Å². The molecule has 6 nitrogen and oxygen atoms in total. The Balaban J connectivity index is 2.80. The van der Waals surface area contributed by atoms with E-state index in [1.165, 1.54) is 0 Å². The smallest absolute Gasteiger partial charge is 0.504 e. The maximum absolute atomic E-state index is 12.9. The molecule has 0 unspecified atom stereocenters. The fourth-order valence-electron chi connectivity index (χ4n) is 0.708. The van der Waals surface area contributed by atoms with Gasteiger partial charge in [-0.15, -0.1) is 0 Å². The second-order valence-corrected chi connectivity index (χ2v) is 2.30. The molecule has 0 heterocycles. The van der Waals surface area contributed by atoms with Crippen molar-refractivity contribution in [2.45, 2.75) is 0 Å². The van der Waals surface area contributed by atoms with Crippen molar-refractivity contribution < 1.29 is 38.7 Å². The number of aromatic hydroxyl groups is 1. The molecule has 82 valence electrons. The normalized spacial score (nSPS) is 10.1. The van der Waals surface area contributed by atoms with Crippen LogP contribution in [0.25, 0.3) is 0 Å². The summed E-state index contributed by atoms with van der Waals surface area (Å²) in [6.45, 7) is 0. The highest BCUT2D eigenvalue weighted by Crippen LogP contribution is 2.30. The minimum Gasteiger partial charge on any atom is -0.504 e. The van der Waals surface area contributed by atoms with E-state index in [0.717, 1.165) is 6.07 Å². The molecule has 0 atom stereocenters. The van der Waals surface area contributed by atoms with Crippen LogP contribution >= 0.6 is 0 Å². The summed E-state index contributed by atoms with van der Waals surface area (Å²) in [5, 5.41) is 25.3. The molecular formula is C6H5BF2O6. The molecule has 0 aliphatic rings. The summed E-state index contributed by atoms with van der Waals surface area (Å²) < 4.78 is 25.5. The number of benzene rings is 1. The van der Waals surface area contributed by atoms with E-state index >= 15 is 0 Å². The maximum atomic E-state index is 12.9. The molecule has 0 aliphatic heterocycles. The molecule has 1 aromatic carbocycles. The molecule has 0 saturated carbocycles. The van der Waals surface area contributed by atoms with E-state index in [0.29, 0.717) is 6.07 Å². The molecule has 9 heteroatoms. The van der Waals surface area contributed by atoms with Gasteiger partial charge in [-0.3, -0.25) is 5.26 Å². The van der Waals surface area contributed by atoms with Crippen LogP contribution in [0.5, 0.6) is 11.5 Å². The fraction of sp³-hybridized carbons (Fsp3) is 0. The van der Waals surface area contributed by atoms with Crippen LogP contribution in [0.3, 0.4) is 0 Å². The van der Waals surface area contributed by atoms with E-state index in [-0.39, 0.29) is 0 Å². The van der Waals surface area contributed by atoms with E-state index in [9.17, 15) is 8.78 Å². The first-order valence-corrected chi connectivity index (χ1v) is 3.55. The van der Waals surface area contributed by atoms with Crippen LogP contribution in [0.4, 0.5) is 8.78 Å². The van der Waals surface area contributed by atoms with Gasteiger partial charge in [0.2, 0.25) is 11.6 Å². The summed E-state index contributed by atoms with van der Waals surface area (Å²) in [6.07, 6.45) is 0. The van der Waals surface area contributed by atoms with Crippen LogP contribution in [0.1, 0.15) is 0 Å². The predicted octanol–water partition coefficient (Wildman–Crippen LogP) is 0.448.